The van der Waals surface area contributed by atoms with E-state index in [2.05, 4.69) is 93.6 Å². The summed E-state index contributed by atoms with van der Waals surface area (Å²) in [6.45, 7) is 6.84. The number of rotatable bonds is 2. The average Bonchev–Trinajstić information content (AvgIpc) is 2.94. The summed E-state index contributed by atoms with van der Waals surface area (Å²) in [5.41, 5.74) is 10.2. The highest BCUT2D eigenvalue weighted by molar-refractivity contribution is 5.86. The number of aromatic nitrogens is 1. The van der Waals surface area contributed by atoms with E-state index in [9.17, 15) is 0 Å². The molecule has 0 N–H and O–H groups in total. The number of hydrogen-bond acceptors (Lipinski definition) is 1. The molecule has 0 unspecified atom stereocenters. The van der Waals surface area contributed by atoms with Crippen LogP contribution in [0.1, 0.15) is 37.5 Å². The fraction of sp³-hybridized carbons (Fsp3) is 0.192. The Morgan fingerprint density at radius 2 is 1.59 bits per heavy atom. The minimum absolute atomic E-state index is 0.0212. The van der Waals surface area contributed by atoms with Crippen molar-refractivity contribution >= 4 is 10.9 Å². The minimum Gasteiger partial charge on any atom is -0.248 e. The zero-order valence-corrected chi connectivity index (χ0v) is 16.1. The van der Waals surface area contributed by atoms with Crippen LogP contribution in [-0.2, 0) is 11.8 Å². The Balaban J connectivity index is 1.69. The Hall–Kier alpha value is -2.93. The van der Waals surface area contributed by atoms with E-state index in [1.165, 1.54) is 38.8 Å². The first-order valence-corrected chi connectivity index (χ1v) is 9.73. The first-order chi connectivity index (χ1) is 13.1. The Morgan fingerprint density at radius 1 is 0.778 bits per heavy atom. The molecule has 0 radical (unpaired) electrons. The highest BCUT2D eigenvalue weighted by atomic mass is 14.7. The van der Waals surface area contributed by atoms with Crippen LogP contribution < -0.4 is 0 Å². The molecule has 0 aliphatic heterocycles. The third-order valence-corrected chi connectivity index (χ3v) is 6.06. The van der Waals surface area contributed by atoms with Gasteiger partial charge < -0.3 is 0 Å². The van der Waals surface area contributed by atoms with Gasteiger partial charge in [0, 0.05) is 16.4 Å². The maximum absolute atomic E-state index is 5.04. The van der Waals surface area contributed by atoms with Crippen LogP contribution in [0.2, 0.25) is 0 Å². The van der Waals surface area contributed by atoms with Gasteiger partial charge in [-0.3, -0.25) is 0 Å². The monoisotopic (exact) mass is 349 g/mol. The molecule has 0 saturated heterocycles. The van der Waals surface area contributed by atoms with Gasteiger partial charge in [0.15, 0.2) is 0 Å². The third kappa shape index (κ3) is 2.35. The van der Waals surface area contributed by atoms with Gasteiger partial charge in [-0.25, -0.2) is 4.98 Å². The van der Waals surface area contributed by atoms with Crippen molar-refractivity contribution < 1.29 is 0 Å². The molecule has 0 bridgehead atoms. The molecular weight excluding hydrogens is 326 g/mol. The van der Waals surface area contributed by atoms with Gasteiger partial charge in [0.25, 0.3) is 0 Å². The lowest BCUT2D eigenvalue weighted by Crippen LogP contribution is -2.14. The summed E-state index contributed by atoms with van der Waals surface area (Å²) in [5, 5.41) is 1.21. The van der Waals surface area contributed by atoms with Crippen molar-refractivity contribution in [3.8, 4) is 22.4 Å². The standard InChI is InChI=1S/C26H23N/c1-4-17-8-7-9-18-13-15-24(27-25(17)18)19-12-14-21-20-10-5-6-11-22(20)26(2,3)23(21)16-19/h5-16H,4H2,1-3H3. The van der Waals surface area contributed by atoms with Crippen LogP contribution in [0.4, 0.5) is 0 Å². The van der Waals surface area contributed by atoms with Gasteiger partial charge in [0.1, 0.15) is 0 Å². The number of para-hydroxylation sites is 1. The van der Waals surface area contributed by atoms with Crippen LogP contribution in [-0.4, -0.2) is 4.98 Å². The number of fused-ring (bicyclic) bond motifs is 4. The van der Waals surface area contributed by atoms with Crippen molar-refractivity contribution in [2.24, 2.45) is 0 Å². The van der Waals surface area contributed by atoms with Crippen molar-refractivity contribution in [1.29, 1.82) is 0 Å². The summed E-state index contributed by atoms with van der Waals surface area (Å²) in [5.74, 6) is 0. The van der Waals surface area contributed by atoms with Crippen LogP contribution in [0.25, 0.3) is 33.3 Å². The van der Waals surface area contributed by atoms with Crippen LogP contribution in [0.15, 0.2) is 72.8 Å². The smallest absolute Gasteiger partial charge is 0.0741 e. The molecular formula is C26H23N. The normalized spacial score (nSPS) is 14.2. The molecule has 5 rings (SSSR count). The molecule has 1 aromatic heterocycles. The fourth-order valence-corrected chi connectivity index (χ4v) is 4.52. The van der Waals surface area contributed by atoms with Gasteiger partial charge in [-0.05, 0) is 46.4 Å². The van der Waals surface area contributed by atoms with Crippen LogP contribution in [0.3, 0.4) is 0 Å². The molecule has 1 aliphatic carbocycles. The van der Waals surface area contributed by atoms with E-state index in [1.807, 2.05) is 0 Å². The molecule has 132 valence electrons. The Labute approximate surface area is 160 Å². The van der Waals surface area contributed by atoms with Crippen molar-refractivity contribution in [3.63, 3.8) is 0 Å². The first-order valence-electron chi connectivity index (χ1n) is 9.73. The molecule has 27 heavy (non-hydrogen) atoms. The van der Waals surface area contributed by atoms with Gasteiger partial charge >= 0.3 is 0 Å². The van der Waals surface area contributed by atoms with E-state index < -0.39 is 0 Å². The number of benzene rings is 3. The lowest BCUT2D eigenvalue weighted by molar-refractivity contribution is 0.660. The highest BCUT2D eigenvalue weighted by Gasteiger charge is 2.35. The summed E-state index contributed by atoms with van der Waals surface area (Å²) in [6.07, 6.45) is 1.00. The number of aryl methyl sites for hydroxylation is 1. The molecule has 0 amide bonds. The maximum Gasteiger partial charge on any atom is 0.0741 e. The largest absolute Gasteiger partial charge is 0.248 e. The third-order valence-electron chi connectivity index (χ3n) is 6.06. The molecule has 3 aromatic carbocycles. The van der Waals surface area contributed by atoms with Crippen LogP contribution in [0, 0.1) is 0 Å². The van der Waals surface area contributed by atoms with E-state index in [4.69, 9.17) is 4.98 Å². The second-order valence-electron chi connectivity index (χ2n) is 7.97. The van der Waals surface area contributed by atoms with Gasteiger partial charge in [0.2, 0.25) is 0 Å². The van der Waals surface area contributed by atoms with Crippen LogP contribution >= 0.6 is 0 Å². The van der Waals surface area contributed by atoms with E-state index in [0.717, 1.165) is 17.6 Å². The Kier molecular flexibility index (Phi) is 3.48. The average molecular weight is 349 g/mol. The molecule has 0 saturated carbocycles. The molecule has 4 aromatic rings. The zero-order chi connectivity index (χ0) is 18.6. The number of hydrogen-bond donors (Lipinski definition) is 0. The number of pyridine rings is 1. The molecule has 1 nitrogen and oxygen atoms in total. The van der Waals surface area contributed by atoms with E-state index >= 15 is 0 Å². The summed E-state index contributed by atoms with van der Waals surface area (Å²) < 4.78 is 0. The SMILES string of the molecule is CCc1cccc2ccc(-c3ccc4c(c3)C(C)(C)c3ccccc3-4)nc12. The summed E-state index contributed by atoms with van der Waals surface area (Å²) in [7, 11) is 0. The molecule has 0 spiro atoms. The topological polar surface area (TPSA) is 12.9 Å². The van der Waals surface area contributed by atoms with Crippen molar-refractivity contribution in [3.05, 3.63) is 89.5 Å². The quantitative estimate of drug-likeness (QED) is 0.389. The van der Waals surface area contributed by atoms with E-state index in [0.29, 0.717) is 0 Å². The molecule has 0 atom stereocenters. The van der Waals surface area contributed by atoms with Crippen molar-refractivity contribution in [2.45, 2.75) is 32.6 Å². The van der Waals surface area contributed by atoms with Gasteiger partial charge in [-0.15, -0.1) is 0 Å². The second kappa shape index (κ2) is 5.79. The van der Waals surface area contributed by atoms with E-state index in [1.54, 1.807) is 0 Å². The zero-order valence-electron chi connectivity index (χ0n) is 16.1. The Morgan fingerprint density at radius 3 is 2.44 bits per heavy atom. The second-order valence-corrected chi connectivity index (χ2v) is 7.97. The Bertz CT molecular complexity index is 1180. The van der Waals surface area contributed by atoms with Crippen molar-refractivity contribution in [1.82, 2.24) is 4.98 Å². The number of nitrogens with zero attached hydrogens (tertiary/aromatic N) is 1. The lowest BCUT2D eigenvalue weighted by Gasteiger charge is -2.21. The molecule has 1 heterocycles. The van der Waals surface area contributed by atoms with Gasteiger partial charge in [-0.1, -0.05) is 81.4 Å². The van der Waals surface area contributed by atoms with Gasteiger partial charge in [0.05, 0.1) is 11.2 Å². The molecule has 1 aliphatic rings. The maximum atomic E-state index is 5.04. The highest BCUT2D eigenvalue weighted by Crippen LogP contribution is 2.49. The van der Waals surface area contributed by atoms with Crippen LogP contribution in [0.5, 0.6) is 0 Å². The molecule has 1 heteroatoms. The summed E-state index contributed by atoms with van der Waals surface area (Å²) in [6, 6.07) is 26.4. The van der Waals surface area contributed by atoms with E-state index in [-0.39, 0.29) is 5.41 Å². The first kappa shape index (κ1) is 16.3. The predicted octanol–water partition coefficient (Wildman–Crippen LogP) is 6.77. The minimum atomic E-state index is 0.0212. The van der Waals surface area contributed by atoms with Gasteiger partial charge in [-0.2, -0.15) is 0 Å². The predicted molar refractivity (Wildman–Crippen MR) is 114 cm³/mol. The fourth-order valence-electron chi connectivity index (χ4n) is 4.52. The lowest BCUT2D eigenvalue weighted by atomic mass is 9.82. The molecule has 0 fully saturated rings. The summed E-state index contributed by atoms with van der Waals surface area (Å²) >= 11 is 0. The van der Waals surface area contributed by atoms with Crippen molar-refractivity contribution in [2.75, 3.05) is 0 Å². The summed E-state index contributed by atoms with van der Waals surface area (Å²) in [4.78, 5) is 5.04.